The molecule has 88 valence electrons. The van der Waals surface area contributed by atoms with E-state index in [9.17, 15) is 4.79 Å². The van der Waals surface area contributed by atoms with Gasteiger partial charge in [-0.05, 0) is 33.0 Å². The summed E-state index contributed by atoms with van der Waals surface area (Å²) < 4.78 is 0. The van der Waals surface area contributed by atoms with Gasteiger partial charge in [-0.2, -0.15) is 0 Å². The third kappa shape index (κ3) is 3.80. The Bertz CT molecular complexity index is 218. The van der Waals surface area contributed by atoms with Crippen LogP contribution in [-0.2, 0) is 4.79 Å². The van der Waals surface area contributed by atoms with Crippen molar-refractivity contribution in [3.8, 4) is 0 Å². The molecule has 0 bridgehead atoms. The summed E-state index contributed by atoms with van der Waals surface area (Å²) in [5.74, 6) is 0.602. The Hall–Kier alpha value is -0.610. The first-order valence-corrected chi connectivity index (χ1v) is 5.68. The number of hydrogen-bond donors (Lipinski definition) is 1. The maximum atomic E-state index is 11.7. The summed E-state index contributed by atoms with van der Waals surface area (Å²) >= 11 is 0. The first-order valence-electron chi connectivity index (χ1n) is 5.68. The van der Waals surface area contributed by atoms with Gasteiger partial charge in [0, 0.05) is 25.6 Å². The van der Waals surface area contributed by atoms with E-state index in [0.29, 0.717) is 12.3 Å². The van der Waals surface area contributed by atoms with E-state index in [1.165, 1.54) is 0 Å². The van der Waals surface area contributed by atoms with Crippen molar-refractivity contribution in [3.63, 3.8) is 0 Å². The van der Waals surface area contributed by atoms with E-state index in [0.717, 1.165) is 26.1 Å². The molecule has 0 spiro atoms. The fraction of sp³-hybridized carbons (Fsp3) is 0.909. The van der Waals surface area contributed by atoms with Crippen LogP contribution >= 0.6 is 0 Å². The predicted molar refractivity (Wildman–Crippen MR) is 61.5 cm³/mol. The molecular weight excluding hydrogens is 190 g/mol. The SMILES string of the molecule is CC1CC(=O)N(CCCN(C)C)CC1N. The smallest absolute Gasteiger partial charge is 0.222 e. The maximum Gasteiger partial charge on any atom is 0.222 e. The first-order chi connectivity index (χ1) is 7.00. The van der Waals surface area contributed by atoms with E-state index in [4.69, 9.17) is 5.73 Å². The lowest BCUT2D eigenvalue weighted by atomic mass is 9.93. The van der Waals surface area contributed by atoms with Crippen LogP contribution in [0, 0.1) is 5.92 Å². The third-order valence-electron chi connectivity index (χ3n) is 3.04. The van der Waals surface area contributed by atoms with Gasteiger partial charge < -0.3 is 15.5 Å². The number of likely N-dealkylation sites (tertiary alicyclic amines) is 1. The van der Waals surface area contributed by atoms with Gasteiger partial charge in [-0.15, -0.1) is 0 Å². The van der Waals surface area contributed by atoms with E-state index in [2.05, 4.69) is 11.8 Å². The van der Waals surface area contributed by atoms with Crippen molar-refractivity contribution in [1.82, 2.24) is 9.80 Å². The van der Waals surface area contributed by atoms with Gasteiger partial charge in [0.1, 0.15) is 0 Å². The van der Waals surface area contributed by atoms with Gasteiger partial charge in [0.15, 0.2) is 0 Å². The van der Waals surface area contributed by atoms with Crippen LogP contribution in [0.4, 0.5) is 0 Å². The average molecular weight is 213 g/mol. The molecule has 1 rings (SSSR count). The number of piperidine rings is 1. The molecule has 1 aliphatic rings. The summed E-state index contributed by atoms with van der Waals surface area (Å²) in [5.41, 5.74) is 5.96. The number of hydrogen-bond acceptors (Lipinski definition) is 3. The van der Waals surface area contributed by atoms with Crippen molar-refractivity contribution >= 4 is 5.91 Å². The molecule has 0 aromatic carbocycles. The van der Waals surface area contributed by atoms with Gasteiger partial charge in [0.25, 0.3) is 0 Å². The number of carbonyl (C=O) groups is 1. The van der Waals surface area contributed by atoms with Crippen LogP contribution in [0.25, 0.3) is 0 Å². The predicted octanol–water partition coefficient (Wildman–Crippen LogP) is 0.134. The normalized spacial score (nSPS) is 27.5. The molecule has 1 saturated heterocycles. The van der Waals surface area contributed by atoms with Gasteiger partial charge in [0.2, 0.25) is 5.91 Å². The minimum Gasteiger partial charge on any atom is -0.341 e. The molecule has 2 atom stereocenters. The topological polar surface area (TPSA) is 49.6 Å². The molecule has 0 aromatic heterocycles. The number of carbonyl (C=O) groups excluding carboxylic acids is 1. The van der Waals surface area contributed by atoms with Gasteiger partial charge in [-0.1, -0.05) is 6.92 Å². The second-order valence-corrected chi connectivity index (χ2v) is 4.84. The highest BCUT2D eigenvalue weighted by atomic mass is 16.2. The van der Waals surface area contributed by atoms with Gasteiger partial charge in [-0.3, -0.25) is 4.79 Å². The number of nitrogens with zero attached hydrogens (tertiary/aromatic N) is 2. The molecule has 4 nitrogen and oxygen atoms in total. The highest BCUT2D eigenvalue weighted by Gasteiger charge is 2.28. The van der Waals surface area contributed by atoms with Crippen molar-refractivity contribution in [2.45, 2.75) is 25.8 Å². The summed E-state index contributed by atoms with van der Waals surface area (Å²) in [6.45, 7) is 4.65. The lowest BCUT2D eigenvalue weighted by molar-refractivity contribution is -0.135. The number of amides is 1. The molecule has 15 heavy (non-hydrogen) atoms. The Balaban J connectivity index is 2.32. The second-order valence-electron chi connectivity index (χ2n) is 4.84. The Morgan fingerprint density at radius 1 is 1.53 bits per heavy atom. The van der Waals surface area contributed by atoms with Gasteiger partial charge in [-0.25, -0.2) is 0 Å². The molecule has 1 amide bonds. The van der Waals surface area contributed by atoms with Gasteiger partial charge in [0.05, 0.1) is 0 Å². The molecule has 2 unspecified atom stereocenters. The van der Waals surface area contributed by atoms with Crippen LogP contribution in [0.3, 0.4) is 0 Å². The molecule has 4 heteroatoms. The Morgan fingerprint density at radius 2 is 2.20 bits per heavy atom. The van der Waals surface area contributed by atoms with Crippen LogP contribution in [0.2, 0.25) is 0 Å². The molecule has 0 saturated carbocycles. The van der Waals surface area contributed by atoms with Gasteiger partial charge >= 0.3 is 0 Å². The summed E-state index contributed by atoms with van der Waals surface area (Å²) in [5, 5.41) is 0. The first kappa shape index (κ1) is 12.5. The van der Waals surface area contributed by atoms with Crippen LogP contribution in [0.1, 0.15) is 19.8 Å². The zero-order valence-corrected chi connectivity index (χ0v) is 10.1. The molecule has 0 aliphatic carbocycles. The summed E-state index contributed by atoms with van der Waals surface area (Å²) in [7, 11) is 4.09. The molecule has 0 aromatic rings. The molecule has 0 radical (unpaired) electrons. The van der Waals surface area contributed by atoms with Crippen molar-refractivity contribution in [1.29, 1.82) is 0 Å². The van der Waals surface area contributed by atoms with Crippen molar-refractivity contribution in [3.05, 3.63) is 0 Å². The lowest BCUT2D eigenvalue weighted by Crippen LogP contribution is -2.50. The fourth-order valence-electron chi connectivity index (χ4n) is 1.89. The minimum absolute atomic E-state index is 0.155. The van der Waals surface area contributed by atoms with Crippen LogP contribution in [-0.4, -0.2) is 55.5 Å². The third-order valence-corrected chi connectivity index (χ3v) is 3.04. The maximum absolute atomic E-state index is 11.7. The van der Waals surface area contributed by atoms with Crippen LogP contribution in [0.15, 0.2) is 0 Å². The van der Waals surface area contributed by atoms with Crippen LogP contribution in [0.5, 0.6) is 0 Å². The summed E-state index contributed by atoms with van der Waals surface area (Å²) in [6.07, 6.45) is 1.64. The Morgan fingerprint density at radius 3 is 2.80 bits per heavy atom. The molecule has 2 N–H and O–H groups in total. The highest BCUT2D eigenvalue weighted by molar-refractivity contribution is 5.77. The van der Waals surface area contributed by atoms with E-state index >= 15 is 0 Å². The van der Waals surface area contributed by atoms with E-state index < -0.39 is 0 Å². The second kappa shape index (κ2) is 5.47. The van der Waals surface area contributed by atoms with Crippen molar-refractivity contribution in [2.75, 3.05) is 33.7 Å². The molecule has 1 heterocycles. The lowest BCUT2D eigenvalue weighted by Gasteiger charge is -2.35. The summed E-state index contributed by atoms with van der Waals surface area (Å²) in [4.78, 5) is 15.7. The zero-order valence-electron chi connectivity index (χ0n) is 10.1. The minimum atomic E-state index is 0.155. The largest absolute Gasteiger partial charge is 0.341 e. The zero-order chi connectivity index (χ0) is 11.4. The highest BCUT2D eigenvalue weighted by Crippen LogP contribution is 2.16. The monoisotopic (exact) mass is 213 g/mol. The van der Waals surface area contributed by atoms with Crippen LogP contribution < -0.4 is 5.73 Å². The Labute approximate surface area is 92.4 Å². The summed E-state index contributed by atoms with van der Waals surface area (Å²) in [6, 6.07) is 0.155. The molecule has 1 aliphatic heterocycles. The fourth-order valence-corrected chi connectivity index (χ4v) is 1.89. The van der Waals surface area contributed by atoms with E-state index in [-0.39, 0.29) is 11.9 Å². The number of rotatable bonds is 4. The standard InChI is InChI=1S/C11H23N3O/c1-9-7-11(15)14(8-10(9)12)6-4-5-13(2)3/h9-10H,4-8,12H2,1-3H3. The molecular formula is C11H23N3O. The van der Waals surface area contributed by atoms with E-state index in [1.807, 2.05) is 19.0 Å². The molecule has 1 fully saturated rings. The average Bonchev–Trinajstić information content (AvgIpc) is 2.13. The van der Waals surface area contributed by atoms with Crippen molar-refractivity contribution in [2.24, 2.45) is 11.7 Å². The quantitative estimate of drug-likeness (QED) is 0.722. The Kier molecular flexibility index (Phi) is 4.54. The van der Waals surface area contributed by atoms with E-state index in [1.54, 1.807) is 0 Å². The van der Waals surface area contributed by atoms with Crippen molar-refractivity contribution < 1.29 is 4.79 Å². The number of nitrogens with two attached hydrogens (primary N) is 1.